The third-order valence-corrected chi connectivity index (χ3v) is 3.92. The van der Waals surface area contributed by atoms with Crippen LogP contribution in [0.4, 0.5) is 4.39 Å². The number of nitrogens with zero attached hydrogens (tertiary/aromatic N) is 2. The summed E-state index contributed by atoms with van der Waals surface area (Å²) >= 11 is 0. The molecule has 2 rings (SSSR count). The van der Waals surface area contributed by atoms with Crippen LogP contribution in [0.1, 0.15) is 32.3 Å². The van der Waals surface area contributed by atoms with E-state index in [4.69, 9.17) is 5.73 Å². The largest absolute Gasteiger partial charge is 0.370 e. The molecule has 0 aromatic heterocycles. The summed E-state index contributed by atoms with van der Waals surface area (Å²) in [7, 11) is 0. The molecule has 0 bridgehead atoms. The SMILES string of the molecule is CCN(CC)C(N)=NCC1(c2cccc(F)c2)CC1.I. The Bertz CT molecular complexity index is 468. The molecule has 1 aliphatic carbocycles. The fourth-order valence-electron chi connectivity index (χ4n) is 2.39. The molecule has 1 aromatic rings. The van der Waals surface area contributed by atoms with Crippen molar-refractivity contribution in [3.63, 3.8) is 0 Å². The van der Waals surface area contributed by atoms with Gasteiger partial charge in [-0.05, 0) is 44.4 Å². The van der Waals surface area contributed by atoms with Crippen molar-refractivity contribution in [2.75, 3.05) is 19.6 Å². The van der Waals surface area contributed by atoms with Crippen LogP contribution in [0, 0.1) is 5.82 Å². The lowest BCUT2D eigenvalue weighted by molar-refractivity contribution is 0.456. The smallest absolute Gasteiger partial charge is 0.191 e. The molecular formula is C15H23FIN3. The standard InChI is InChI=1S/C15H22FN3.HI/c1-3-19(4-2)14(17)18-11-15(8-9-15)12-6-5-7-13(16)10-12;/h5-7,10H,3-4,8-9,11H2,1-2H3,(H2,17,18);1H. The molecular weight excluding hydrogens is 368 g/mol. The summed E-state index contributed by atoms with van der Waals surface area (Å²) in [5, 5.41) is 0. The molecule has 0 aliphatic heterocycles. The average molecular weight is 391 g/mol. The summed E-state index contributed by atoms with van der Waals surface area (Å²) in [6.07, 6.45) is 2.12. The van der Waals surface area contributed by atoms with Crippen molar-refractivity contribution in [1.29, 1.82) is 0 Å². The molecule has 20 heavy (non-hydrogen) atoms. The van der Waals surface area contributed by atoms with Gasteiger partial charge in [0.2, 0.25) is 0 Å². The number of guanidine groups is 1. The van der Waals surface area contributed by atoms with Crippen molar-refractivity contribution in [3.05, 3.63) is 35.6 Å². The van der Waals surface area contributed by atoms with E-state index in [1.807, 2.05) is 11.0 Å². The lowest BCUT2D eigenvalue weighted by Gasteiger charge is -2.21. The Balaban J connectivity index is 0.00000200. The monoisotopic (exact) mass is 391 g/mol. The molecule has 0 spiro atoms. The first-order valence-corrected chi connectivity index (χ1v) is 6.92. The van der Waals surface area contributed by atoms with Gasteiger partial charge in [-0.15, -0.1) is 24.0 Å². The maximum Gasteiger partial charge on any atom is 0.191 e. The first kappa shape index (κ1) is 17.2. The normalized spacial score (nSPS) is 16.4. The maximum absolute atomic E-state index is 13.3. The Morgan fingerprint density at radius 1 is 1.35 bits per heavy atom. The van der Waals surface area contributed by atoms with E-state index in [0.717, 1.165) is 31.5 Å². The molecule has 3 nitrogen and oxygen atoms in total. The van der Waals surface area contributed by atoms with Crippen LogP contribution in [0.15, 0.2) is 29.3 Å². The highest BCUT2D eigenvalue weighted by atomic mass is 127. The summed E-state index contributed by atoms with van der Waals surface area (Å²) in [5.41, 5.74) is 7.04. The molecule has 1 saturated carbocycles. The Morgan fingerprint density at radius 2 is 2.00 bits per heavy atom. The Kier molecular flexibility index (Phi) is 6.23. The van der Waals surface area contributed by atoms with Gasteiger partial charge in [-0.25, -0.2) is 4.39 Å². The molecule has 0 heterocycles. The number of aliphatic imine (C=N–C) groups is 1. The van der Waals surface area contributed by atoms with E-state index in [0.29, 0.717) is 12.5 Å². The molecule has 0 atom stereocenters. The highest BCUT2D eigenvalue weighted by Crippen LogP contribution is 2.48. The Labute approximate surface area is 137 Å². The van der Waals surface area contributed by atoms with E-state index in [9.17, 15) is 4.39 Å². The number of benzene rings is 1. The maximum atomic E-state index is 13.3. The van der Waals surface area contributed by atoms with Crippen molar-refractivity contribution in [1.82, 2.24) is 4.90 Å². The lowest BCUT2D eigenvalue weighted by atomic mass is 9.96. The summed E-state index contributed by atoms with van der Waals surface area (Å²) in [6.45, 7) is 6.49. The molecule has 5 heteroatoms. The molecule has 112 valence electrons. The van der Waals surface area contributed by atoms with Crippen LogP contribution in [0.3, 0.4) is 0 Å². The summed E-state index contributed by atoms with van der Waals surface area (Å²) in [6, 6.07) is 6.85. The molecule has 0 unspecified atom stereocenters. The first-order valence-electron chi connectivity index (χ1n) is 6.92. The summed E-state index contributed by atoms with van der Waals surface area (Å²) in [5.74, 6) is 0.414. The molecule has 0 radical (unpaired) electrons. The first-order chi connectivity index (χ1) is 9.11. The third-order valence-electron chi connectivity index (χ3n) is 3.92. The van der Waals surface area contributed by atoms with Crippen molar-refractivity contribution < 1.29 is 4.39 Å². The highest BCUT2D eigenvalue weighted by Gasteiger charge is 2.44. The molecule has 2 N–H and O–H groups in total. The number of rotatable bonds is 5. The number of nitrogens with two attached hydrogens (primary N) is 1. The van der Waals surface area contributed by atoms with Gasteiger partial charge in [0.1, 0.15) is 5.82 Å². The van der Waals surface area contributed by atoms with E-state index in [-0.39, 0.29) is 35.2 Å². The van der Waals surface area contributed by atoms with Gasteiger partial charge in [0.25, 0.3) is 0 Å². The summed E-state index contributed by atoms with van der Waals surface area (Å²) in [4.78, 5) is 6.53. The zero-order chi connectivity index (χ0) is 13.9. The van der Waals surface area contributed by atoms with Gasteiger partial charge >= 0.3 is 0 Å². The van der Waals surface area contributed by atoms with Crippen molar-refractivity contribution >= 4 is 29.9 Å². The molecule has 1 aliphatic rings. The van der Waals surface area contributed by atoms with Crippen LogP contribution in [0.25, 0.3) is 0 Å². The molecule has 1 fully saturated rings. The molecule has 1 aromatic carbocycles. The van der Waals surface area contributed by atoms with Crippen LogP contribution in [0.2, 0.25) is 0 Å². The van der Waals surface area contributed by atoms with Gasteiger partial charge in [0.05, 0.1) is 6.54 Å². The van der Waals surface area contributed by atoms with Gasteiger partial charge in [-0.2, -0.15) is 0 Å². The predicted molar refractivity (Wildman–Crippen MR) is 92.1 cm³/mol. The van der Waals surface area contributed by atoms with Crippen LogP contribution in [0.5, 0.6) is 0 Å². The average Bonchev–Trinajstić information content (AvgIpc) is 3.19. The van der Waals surface area contributed by atoms with E-state index in [1.165, 1.54) is 6.07 Å². The minimum Gasteiger partial charge on any atom is -0.370 e. The van der Waals surface area contributed by atoms with Crippen molar-refractivity contribution in [2.45, 2.75) is 32.1 Å². The number of halogens is 2. The van der Waals surface area contributed by atoms with Gasteiger partial charge in [-0.1, -0.05) is 12.1 Å². The topological polar surface area (TPSA) is 41.6 Å². The van der Waals surface area contributed by atoms with Gasteiger partial charge < -0.3 is 10.6 Å². The fourth-order valence-corrected chi connectivity index (χ4v) is 2.39. The molecule has 0 saturated heterocycles. The van der Waals surface area contributed by atoms with Gasteiger partial charge in [0.15, 0.2) is 5.96 Å². The minimum absolute atomic E-state index is 0. The minimum atomic E-state index is -0.176. The lowest BCUT2D eigenvalue weighted by Crippen LogP contribution is -2.37. The van der Waals surface area contributed by atoms with Gasteiger partial charge in [0, 0.05) is 18.5 Å². The predicted octanol–water partition coefficient (Wildman–Crippen LogP) is 3.13. The third kappa shape index (κ3) is 3.84. The van der Waals surface area contributed by atoms with Crippen LogP contribution in [-0.4, -0.2) is 30.5 Å². The Hall–Kier alpha value is -0.850. The van der Waals surface area contributed by atoms with E-state index in [2.05, 4.69) is 18.8 Å². The number of hydrogen-bond acceptors (Lipinski definition) is 1. The van der Waals surface area contributed by atoms with Crippen LogP contribution >= 0.6 is 24.0 Å². The second kappa shape index (κ2) is 7.24. The number of hydrogen-bond donors (Lipinski definition) is 1. The second-order valence-electron chi connectivity index (χ2n) is 5.14. The van der Waals surface area contributed by atoms with Gasteiger partial charge in [-0.3, -0.25) is 4.99 Å². The quantitative estimate of drug-likeness (QED) is 0.476. The van der Waals surface area contributed by atoms with E-state index >= 15 is 0 Å². The van der Waals surface area contributed by atoms with E-state index < -0.39 is 0 Å². The Morgan fingerprint density at radius 3 is 2.50 bits per heavy atom. The zero-order valence-electron chi connectivity index (χ0n) is 12.1. The zero-order valence-corrected chi connectivity index (χ0v) is 14.4. The van der Waals surface area contributed by atoms with Crippen LogP contribution in [-0.2, 0) is 5.41 Å². The highest BCUT2D eigenvalue weighted by molar-refractivity contribution is 14.0. The van der Waals surface area contributed by atoms with E-state index in [1.54, 1.807) is 12.1 Å². The molecule has 0 amide bonds. The fraction of sp³-hybridized carbons (Fsp3) is 0.533. The second-order valence-corrected chi connectivity index (χ2v) is 5.14. The van der Waals surface area contributed by atoms with Crippen molar-refractivity contribution in [2.24, 2.45) is 10.7 Å². The van der Waals surface area contributed by atoms with Crippen molar-refractivity contribution in [3.8, 4) is 0 Å². The summed E-state index contributed by atoms with van der Waals surface area (Å²) < 4.78 is 13.3. The van der Waals surface area contributed by atoms with Crippen LogP contribution < -0.4 is 5.73 Å².